The molecular weight excluding hydrogens is 270 g/mol. The number of rotatable bonds is 4. The lowest BCUT2D eigenvalue weighted by molar-refractivity contribution is -0.139. The van der Waals surface area contributed by atoms with E-state index in [0.29, 0.717) is 11.6 Å². The van der Waals surface area contributed by atoms with Crippen molar-refractivity contribution in [1.29, 1.82) is 0 Å². The number of carbonyl (C=O) groups excluding carboxylic acids is 2. The Hall–Kier alpha value is -2.01. The number of hydrogen-bond acceptors (Lipinski definition) is 4. The highest BCUT2D eigenvalue weighted by molar-refractivity contribution is 6.30. The van der Waals surface area contributed by atoms with E-state index >= 15 is 0 Å². The molecule has 1 amide bonds. The number of benzene rings is 1. The van der Waals surface area contributed by atoms with Gasteiger partial charge in [0.25, 0.3) is 5.91 Å². The number of nitrogens with zero attached hydrogens (tertiary/aromatic N) is 1. The van der Waals surface area contributed by atoms with Crippen molar-refractivity contribution in [3.05, 3.63) is 46.7 Å². The fraction of sp³-hybridized carbons (Fsp3) is 0.231. The first kappa shape index (κ1) is 15.0. The third-order valence-corrected chi connectivity index (χ3v) is 2.62. The van der Waals surface area contributed by atoms with Crippen LogP contribution in [0.1, 0.15) is 5.56 Å². The molecule has 0 aliphatic rings. The number of aliphatic hydroxyl groups is 1. The molecule has 0 radical (unpaired) electrons. The fourth-order valence-electron chi connectivity index (χ4n) is 1.33. The van der Waals surface area contributed by atoms with Crippen molar-refractivity contribution in [3.63, 3.8) is 0 Å². The van der Waals surface area contributed by atoms with E-state index in [-0.39, 0.29) is 0 Å². The van der Waals surface area contributed by atoms with Gasteiger partial charge in [-0.15, -0.1) is 0 Å². The largest absolute Gasteiger partial charge is 0.502 e. The molecule has 0 fully saturated rings. The van der Waals surface area contributed by atoms with E-state index < -0.39 is 17.6 Å². The molecule has 0 atom stereocenters. The second-order valence-electron chi connectivity index (χ2n) is 3.84. The van der Waals surface area contributed by atoms with E-state index in [0.717, 1.165) is 18.7 Å². The van der Waals surface area contributed by atoms with Crippen LogP contribution in [0.2, 0.25) is 5.02 Å². The van der Waals surface area contributed by atoms with Crippen LogP contribution in [0.25, 0.3) is 0 Å². The quantitative estimate of drug-likeness (QED) is 0.521. The average molecular weight is 284 g/mol. The Morgan fingerprint density at radius 1 is 1.37 bits per heavy atom. The highest BCUT2D eigenvalue weighted by Crippen LogP contribution is 2.11. The Labute approximate surface area is 116 Å². The minimum atomic E-state index is -0.951. The summed E-state index contributed by atoms with van der Waals surface area (Å²) in [5.41, 5.74) is 0.881. The fourth-order valence-corrected chi connectivity index (χ4v) is 1.46. The molecular formula is C13H14ClNO4. The molecule has 1 rings (SSSR count). The van der Waals surface area contributed by atoms with Gasteiger partial charge in [0, 0.05) is 18.6 Å². The van der Waals surface area contributed by atoms with E-state index in [1.165, 1.54) is 4.90 Å². The number of aliphatic hydroxyl groups excluding tert-OH is 1. The molecule has 0 heterocycles. The molecule has 6 heteroatoms. The molecule has 0 aliphatic heterocycles. The number of ether oxygens (including phenoxy) is 1. The zero-order valence-corrected chi connectivity index (χ0v) is 11.3. The van der Waals surface area contributed by atoms with E-state index in [1.807, 2.05) is 0 Å². The van der Waals surface area contributed by atoms with Gasteiger partial charge in [0.05, 0.1) is 13.2 Å². The van der Waals surface area contributed by atoms with Gasteiger partial charge in [-0.2, -0.15) is 0 Å². The number of esters is 1. The van der Waals surface area contributed by atoms with Gasteiger partial charge in [0.2, 0.25) is 5.76 Å². The summed E-state index contributed by atoms with van der Waals surface area (Å²) in [4.78, 5) is 24.0. The molecule has 0 unspecified atom stereocenters. The molecule has 102 valence electrons. The Morgan fingerprint density at radius 3 is 2.47 bits per heavy atom. The topological polar surface area (TPSA) is 66.8 Å². The van der Waals surface area contributed by atoms with E-state index in [9.17, 15) is 14.7 Å². The predicted octanol–water partition coefficient (Wildman–Crippen LogP) is 1.91. The van der Waals surface area contributed by atoms with Crippen molar-refractivity contribution < 1.29 is 19.4 Å². The molecule has 1 aromatic carbocycles. The molecule has 0 aliphatic carbocycles. The maximum absolute atomic E-state index is 11.7. The molecule has 0 aromatic heterocycles. The molecule has 19 heavy (non-hydrogen) atoms. The first-order chi connectivity index (χ1) is 8.93. The van der Waals surface area contributed by atoms with Crippen LogP contribution in [0.5, 0.6) is 0 Å². The monoisotopic (exact) mass is 283 g/mol. The molecule has 0 spiro atoms. The van der Waals surface area contributed by atoms with Gasteiger partial charge in [0.15, 0.2) is 0 Å². The van der Waals surface area contributed by atoms with Crippen molar-refractivity contribution in [1.82, 2.24) is 4.90 Å². The lowest BCUT2D eigenvalue weighted by Crippen LogP contribution is -2.25. The van der Waals surface area contributed by atoms with Crippen molar-refractivity contribution in [2.75, 3.05) is 14.2 Å². The van der Waals surface area contributed by atoms with Crippen LogP contribution in [0, 0.1) is 0 Å². The van der Waals surface area contributed by atoms with Crippen LogP contribution in [0.15, 0.2) is 36.1 Å². The number of amides is 1. The lowest BCUT2D eigenvalue weighted by atomic mass is 10.2. The van der Waals surface area contributed by atoms with Crippen LogP contribution in [0.4, 0.5) is 0 Å². The minimum absolute atomic E-state index is 0.334. The number of likely N-dealkylation sites (N-methyl/N-ethyl adjacent to an activating group) is 1. The zero-order valence-electron chi connectivity index (χ0n) is 10.6. The summed E-state index contributed by atoms with van der Waals surface area (Å²) in [6.45, 7) is 0.334. The van der Waals surface area contributed by atoms with Crippen molar-refractivity contribution in [3.8, 4) is 0 Å². The van der Waals surface area contributed by atoms with Gasteiger partial charge in [0.1, 0.15) is 0 Å². The van der Waals surface area contributed by atoms with Crippen molar-refractivity contribution >= 4 is 23.5 Å². The van der Waals surface area contributed by atoms with Gasteiger partial charge in [-0.25, -0.2) is 4.79 Å². The average Bonchev–Trinajstić information content (AvgIpc) is 2.40. The predicted molar refractivity (Wildman–Crippen MR) is 70.7 cm³/mol. The van der Waals surface area contributed by atoms with E-state index in [4.69, 9.17) is 11.6 Å². The normalized spacial score (nSPS) is 11.0. The second kappa shape index (κ2) is 6.80. The number of halogens is 1. The summed E-state index contributed by atoms with van der Waals surface area (Å²) in [7, 11) is 2.67. The van der Waals surface area contributed by atoms with Gasteiger partial charge >= 0.3 is 5.97 Å². The maximum atomic E-state index is 11.7. The highest BCUT2D eigenvalue weighted by Gasteiger charge is 2.13. The smallest absolute Gasteiger partial charge is 0.373 e. The SMILES string of the molecule is COC(=O)/C(O)=C/C(=O)N(C)Cc1ccc(Cl)cc1. The third-order valence-electron chi connectivity index (χ3n) is 2.36. The zero-order chi connectivity index (χ0) is 14.4. The molecule has 1 N–H and O–H groups in total. The Bertz CT molecular complexity index is 496. The summed E-state index contributed by atoms with van der Waals surface area (Å²) in [5.74, 6) is -2.18. The van der Waals surface area contributed by atoms with E-state index in [2.05, 4.69) is 4.74 Å². The molecule has 1 aromatic rings. The summed E-state index contributed by atoms with van der Waals surface area (Å²) < 4.78 is 4.28. The van der Waals surface area contributed by atoms with Crippen LogP contribution in [-0.4, -0.2) is 36.0 Å². The third kappa shape index (κ3) is 4.63. The van der Waals surface area contributed by atoms with E-state index in [1.54, 1.807) is 31.3 Å². The standard InChI is InChI=1S/C13H14ClNO4/c1-15(8-9-3-5-10(14)6-4-9)12(17)7-11(16)13(18)19-2/h3-7,16H,8H2,1-2H3/b11-7-. The van der Waals surface area contributed by atoms with Crippen LogP contribution in [0.3, 0.4) is 0 Å². The van der Waals surface area contributed by atoms with Crippen molar-refractivity contribution in [2.45, 2.75) is 6.54 Å². The Kier molecular flexibility index (Phi) is 5.38. The number of methoxy groups -OCH3 is 1. The lowest BCUT2D eigenvalue weighted by Gasteiger charge is -2.15. The Morgan fingerprint density at radius 2 is 1.95 bits per heavy atom. The molecule has 5 nitrogen and oxygen atoms in total. The summed E-state index contributed by atoms with van der Waals surface area (Å²) in [5, 5.41) is 9.87. The van der Waals surface area contributed by atoms with Gasteiger partial charge in [-0.3, -0.25) is 4.79 Å². The van der Waals surface area contributed by atoms with Gasteiger partial charge < -0.3 is 14.7 Å². The van der Waals surface area contributed by atoms with Gasteiger partial charge in [-0.05, 0) is 17.7 Å². The summed E-state index contributed by atoms with van der Waals surface area (Å²) in [6, 6.07) is 7.01. The maximum Gasteiger partial charge on any atom is 0.373 e. The first-order valence-electron chi connectivity index (χ1n) is 5.42. The highest BCUT2D eigenvalue weighted by atomic mass is 35.5. The molecule has 0 saturated heterocycles. The van der Waals surface area contributed by atoms with Gasteiger partial charge in [-0.1, -0.05) is 23.7 Å². The molecule has 0 saturated carbocycles. The number of carbonyl (C=O) groups is 2. The minimum Gasteiger partial charge on any atom is -0.502 e. The first-order valence-corrected chi connectivity index (χ1v) is 5.80. The second-order valence-corrected chi connectivity index (χ2v) is 4.28. The molecule has 0 bridgehead atoms. The summed E-state index contributed by atoms with van der Waals surface area (Å²) >= 11 is 5.76. The van der Waals surface area contributed by atoms with Crippen molar-refractivity contribution in [2.24, 2.45) is 0 Å². The number of hydrogen-bond donors (Lipinski definition) is 1. The van der Waals surface area contributed by atoms with Crippen LogP contribution < -0.4 is 0 Å². The Balaban J connectivity index is 2.67. The van der Waals surface area contributed by atoms with Crippen LogP contribution >= 0.6 is 11.6 Å². The van der Waals surface area contributed by atoms with Crippen LogP contribution in [-0.2, 0) is 20.9 Å². The summed E-state index contributed by atoms with van der Waals surface area (Å²) in [6.07, 6.45) is 0.821.